The van der Waals surface area contributed by atoms with Gasteiger partial charge in [0.25, 0.3) is 5.91 Å². The lowest BCUT2D eigenvalue weighted by Crippen LogP contribution is -2.39. The normalized spacial score (nSPS) is 13.0. The monoisotopic (exact) mass is 425 g/mol. The molecule has 0 atom stereocenters. The number of nitrogen functional groups attached to an aromatic ring is 1. The number of hydrogen-bond donors (Lipinski definition) is 3. The Hall–Kier alpha value is -3.68. The maximum atomic E-state index is 11.9. The third-order valence-corrected chi connectivity index (χ3v) is 4.48. The molecule has 10 heteroatoms. The summed E-state index contributed by atoms with van der Waals surface area (Å²) in [6, 6.07) is 7.00. The lowest BCUT2D eigenvalue weighted by atomic mass is 10.1. The summed E-state index contributed by atoms with van der Waals surface area (Å²) in [6.45, 7) is 0.958. The first-order valence-electron chi connectivity index (χ1n) is 9.55. The first kappa shape index (κ1) is 22.0. The van der Waals surface area contributed by atoms with Crippen molar-refractivity contribution in [3.05, 3.63) is 35.5 Å². The molecule has 0 saturated carbocycles. The average molecular weight is 425 g/mol. The number of nitrogens with zero attached hydrogens (tertiary/aromatic N) is 3. The number of aliphatic hydroxyl groups excluding tert-OH is 1. The second-order valence-corrected chi connectivity index (χ2v) is 6.85. The number of carbonyl (C=O) groups is 2. The molecule has 0 spiro atoms. The number of carbonyl (C=O) groups excluding carboxylic acids is 2. The summed E-state index contributed by atoms with van der Waals surface area (Å²) >= 11 is 0. The smallest absolute Gasteiger partial charge is 0.269 e. The minimum Gasteiger partial charge on any atom is -0.468 e. The molecule has 0 bridgehead atoms. The fourth-order valence-corrected chi connectivity index (χ4v) is 2.66. The molecule has 2 heterocycles. The van der Waals surface area contributed by atoms with Crippen LogP contribution in [0.2, 0.25) is 0 Å². The highest BCUT2D eigenvalue weighted by Crippen LogP contribution is 2.28. The Bertz CT molecular complexity index is 1040. The Morgan fingerprint density at radius 2 is 2.13 bits per heavy atom. The van der Waals surface area contributed by atoms with Crippen molar-refractivity contribution in [2.75, 3.05) is 39.1 Å². The van der Waals surface area contributed by atoms with Gasteiger partial charge in [0.2, 0.25) is 11.8 Å². The second kappa shape index (κ2) is 9.88. The van der Waals surface area contributed by atoms with Crippen molar-refractivity contribution in [3.63, 3.8) is 0 Å². The van der Waals surface area contributed by atoms with E-state index in [9.17, 15) is 9.59 Å². The molecular weight excluding hydrogens is 402 g/mol. The zero-order chi connectivity index (χ0) is 22.4. The van der Waals surface area contributed by atoms with Gasteiger partial charge in [0.1, 0.15) is 11.8 Å². The van der Waals surface area contributed by atoms with E-state index in [1.54, 1.807) is 31.3 Å². The summed E-state index contributed by atoms with van der Waals surface area (Å²) < 4.78 is 10.8. The number of aliphatic hydroxyl groups is 1. The van der Waals surface area contributed by atoms with Crippen LogP contribution < -0.4 is 16.2 Å². The fraction of sp³-hybridized carbons (Fsp3) is 0.333. The van der Waals surface area contributed by atoms with E-state index in [1.165, 1.54) is 4.90 Å². The quantitative estimate of drug-likeness (QED) is 0.515. The number of primary amides is 1. The Morgan fingerprint density at radius 1 is 1.35 bits per heavy atom. The van der Waals surface area contributed by atoms with E-state index in [0.717, 1.165) is 0 Å². The number of anilines is 1. The van der Waals surface area contributed by atoms with Crippen molar-refractivity contribution in [1.29, 1.82) is 0 Å². The maximum absolute atomic E-state index is 11.9. The molecule has 3 rings (SSSR count). The highest BCUT2D eigenvalue weighted by atomic mass is 16.6. The molecule has 10 nitrogen and oxygen atoms in total. The molecule has 5 N–H and O–H groups in total. The Kier molecular flexibility index (Phi) is 7.02. The highest BCUT2D eigenvalue weighted by molar-refractivity contribution is 5.97. The highest BCUT2D eigenvalue weighted by Gasteiger charge is 2.25. The van der Waals surface area contributed by atoms with E-state index in [0.29, 0.717) is 24.3 Å². The van der Waals surface area contributed by atoms with Crippen LogP contribution in [0.4, 0.5) is 5.69 Å². The van der Waals surface area contributed by atoms with E-state index < -0.39 is 5.91 Å². The van der Waals surface area contributed by atoms with Crippen molar-refractivity contribution in [2.45, 2.75) is 12.5 Å². The van der Waals surface area contributed by atoms with Gasteiger partial charge >= 0.3 is 0 Å². The van der Waals surface area contributed by atoms with Crippen LogP contribution in [0.25, 0.3) is 11.4 Å². The molecule has 2 amide bonds. The number of amides is 2. The summed E-state index contributed by atoms with van der Waals surface area (Å²) in [4.78, 5) is 33.7. The molecule has 1 aromatic carbocycles. The van der Waals surface area contributed by atoms with Gasteiger partial charge in [-0.25, -0.2) is 4.98 Å². The zero-order valence-corrected chi connectivity index (χ0v) is 17.0. The molecule has 1 aliphatic rings. The van der Waals surface area contributed by atoms with Crippen LogP contribution in [0.15, 0.2) is 24.3 Å². The minimum absolute atomic E-state index is 0.0202. The summed E-state index contributed by atoms with van der Waals surface area (Å²) in [7, 11) is 1.60. The average Bonchev–Trinajstić information content (AvgIpc) is 2.71. The molecule has 31 heavy (non-hydrogen) atoms. The third kappa shape index (κ3) is 5.48. The molecule has 0 unspecified atom stereocenters. The summed E-state index contributed by atoms with van der Waals surface area (Å²) in [5, 5.41) is 8.89. The number of benzene rings is 1. The number of ether oxygens (including phenoxy) is 2. The molecule has 1 saturated heterocycles. The van der Waals surface area contributed by atoms with Gasteiger partial charge in [-0.05, 0) is 12.1 Å². The van der Waals surface area contributed by atoms with Gasteiger partial charge in [0, 0.05) is 24.7 Å². The van der Waals surface area contributed by atoms with Gasteiger partial charge in [-0.1, -0.05) is 24.0 Å². The van der Waals surface area contributed by atoms with Crippen LogP contribution in [0.3, 0.4) is 0 Å². The van der Waals surface area contributed by atoms with E-state index >= 15 is 0 Å². The molecule has 2 aromatic rings. The van der Waals surface area contributed by atoms with Gasteiger partial charge in [0.05, 0.1) is 26.2 Å². The summed E-state index contributed by atoms with van der Waals surface area (Å²) in [6.07, 6.45) is -0.184. The SMILES string of the molecule is CN(CCO)C(=O)CC#Cc1cccc(-c2nc(OC3COC3)c(N)c(C(N)=O)n2)c1. The zero-order valence-electron chi connectivity index (χ0n) is 17.0. The lowest BCUT2D eigenvalue weighted by Gasteiger charge is -2.26. The summed E-state index contributed by atoms with van der Waals surface area (Å²) in [5.74, 6) is 5.03. The van der Waals surface area contributed by atoms with Crippen LogP contribution in [-0.2, 0) is 9.53 Å². The van der Waals surface area contributed by atoms with Gasteiger partial charge in [-0.3, -0.25) is 9.59 Å². The lowest BCUT2D eigenvalue weighted by molar-refractivity contribution is -0.129. The van der Waals surface area contributed by atoms with Crippen LogP contribution in [0.5, 0.6) is 5.88 Å². The second-order valence-electron chi connectivity index (χ2n) is 6.85. The van der Waals surface area contributed by atoms with E-state index in [1.807, 2.05) is 0 Å². The molecule has 162 valence electrons. The number of likely N-dealkylation sites (N-methyl/N-ethyl adjacent to an activating group) is 1. The Morgan fingerprint density at radius 3 is 2.77 bits per heavy atom. The number of nitrogens with two attached hydrogens (primary N) is 2. The topological polar surface area (TPSA) is 154 Å². The van der Waals surface area contributed by atoms with Gasteiger partial charge < -0.3 is 30.9 Å². The minimum atomic E-state index is -0.794. The number of rotatable bonds is 7. The van der Waals surface area contributed by atoms with Crippen LogP contribution in [0, 0.1) is 11.8 Å². The van der Waals surface area contributed by atoms with Crippen molar-refractivity contribution in [1.82, 2.24) is 14.9 Å². The van der Waals surface area contributed by atoms with E-state index in [-0.39, 0.29) is 54.7 Å². The van der Waals surface area contributed by atoms with Crippen LogP contribution in [-0.4, -0.2) is 71.3 Å². The molecule has 0 radical (unpaired) electrons. The number of hydrogen-bond acceptors (Lipinski definition) is 8. The van der Waals surface area contributed by atoms with Crippen molar-refractivity contribution < 1.29 is 24.2 Å². The predicted octanol–water partition coefficient (Wildman–Crippen LogP) is -0.205. The number of aromatic nitrogens is 2. The van der Waals surface area contributed by atoms with Crippen LogP contribution in [0.1, 0.15) is 22.5 Å². The molecule has 1 aliphatic heterocycles. The van der Waals surface area contributed by atoms with Gasteiger partial charge in [0.15, 0.2) is 11.5 Å². The Balaban J connectivity index is 1.85. The largest absolute Gasteiger partial charge is 0.468 e. The molecular formula is C21H23N5O5. The first-order valence-corrected chi connectivity index (χ1v) is 9.55. The van der Waals surface area contributed by atoms with Gasteiger partial charge in [-0.15, -0.1) is 0 Å². The van der Waals surface area contributed by atoms with Crippen molar-refractivity contribution >= 4 is 17.5 Å². The van der Waals surface area contributed by atoms with E-state index in [2.05, 4.69) is 21.8 Å². The predicted molar refractivity (Wildman–Crippen MR) is 112 cm³/mol. The van der Waals surface area contributed by atoms with Crippen molar-refractivity contribution in [3.8, 4) is 29.1 Å². The molecule has 1 aromatic heterocycles. The van der Waals surface area contributed by atoms with Crippen LogP contribution >= 0.6 is 0 Å². The molecule has 0 aliphatic carbocycles. The van der Waals surface area contributed by atoms with Crippen molar-refractivity contribution in [2.24, 2.45) is 5.73 Å². The third-order valence-electron chi connectivity index (χ3n) is 4.48. The van der Waals surface area contributed by atoms with Gasteiger partial charge in [-0.2, -0.15) is 4.98 Å². The molecule has 1 fully saturated rings. The Labute approximate surface area is 179 Å². The fourth-order valence-electron chi connectivity index (χ4n) is 2.66. The first-order chi connectivity index (χ1) is 14.9. The maximum Gasteiger partial charge on any atom is 0.269 e. The van der Waals surface area contributed by atoms with E-state index in [4.69, 9.17) is 26.0 Å². The summed E-state index contributed by atoms with van der Waals surface area (Å²) in [5.41, 5.74) is 12.4. The standard InChI is InChI=1S/C21H23N5O5/c1-26(8-9-27)16(28)7-3-5-13-4-2-6-14(10-13)20-24-18(19(23)29)17(22)21(25-20)31-15-11-30-12-15/h2,4,6,10,15,27H,7-9,11-12,22H2,1H3,(H2,23,29).